The zero-order chi connectivity index (χ0) is 21.5. The van der Waals surface area contributed by atoms with Crippen LogP contribution in [0.25, 0.3) is 0 Å². The van der Waals surface area contributed by atoms with Gasteiger partial charge in [0, 0.05) is 18.3 Å². The maximum Gasteiger partial charge on any atom is 0.242 e. The Morgan fingerprint density at radius 3 is 2.32 bits per heavy atom. The second-order valence-corrected chi connectivity index (χ2v) is 6.98. The lowest BCUT2D eigenvalue weighted by Gasteiger charge is -2.19. The van der Waals surface area contributed by atoms with Gasteiger partial charge in [0.15, 0.2) is 0 Å². The second-order valence-electron chi connectivity index (χ2n) is 6.09. The van der Waals surface area contributed by atoms with Gasteiger partial charge >= 0.3 is 0 Å². The van der Waals surface area contributed by atoms with Crippen LogP contribution in [0.2, 0.25) is 0 Å². The predicted octanol–water partition coefficient (Wildman–Crippen LogP) is -0.0107. The van der Waals surface area contributed by atoms with Gasteiger partial charge in [-0.2, -0.15) is 0 Å². The smallest absolute Gasteiger partial charge is 0.242 e. The van der Waals surface area contributed by atoms with Crippen molar-refractivity contribution in [2.24, 2.45) is 17.2 Å². The Bertz CT molecular complexity index is 602. The van der Waals surface area contributed by atoms with Gasteiger partial charge in [-0.25, -0.2) is 4.98 Å². The fraction of sp³-hybridized carbons (Fsp3) is 0.667. The van der Waals surface area contributed by atoms with Gasteiger partial charge in [-0.05, 0) is 26.9 Å². The van der Waals surface area contributed by atoms with Crippen molar-refractivity contribution in [3.8, 4) is 0 Å². The van der Waals surface area contributed by atoms with Crippen LogP contribution in [0.3, 0.4) is 0 Å². The first-order chi connectivity index (χ1) is 13.5. The Morgan fingerprint density at radius 2 is 1.79 bits per heavy atom. The number of primary amides is 1. The fourth-order valence-corrected chi connectivity index (χ4v) is 3.93. The van der Waals surface area contributed by atoms with E-state index in [1.807, 2.05) is 5.38 Å². The van der Waals surface area contributed by atoms with Gasteiger partial charge in [0.1, 0.15) is 6.04 Å². The number of nitrogens with zero attached hydrogens (tertiary/aromatic N) is 1. The number of amides is 3. The molecule has 0 aliphatic heterocycles. The molecule has 2 rings (SSSR count). The van der Waals surface area contributed by atoms with Crippen molar-refractivity contribution in [3.63, 3.8) is 0 Å². The minimum atomic E-state index is -0.948. The molecule has 10 heteroatoms. The molecule has 0 unspecified atom stereocenters. The van der Waals surface area contributed by atoms with E-state index >= 15 is 0 Å². The van der Waals surface area contributed by atoms with Crippen molar-refractivity contribution in [2.75, 3.05) is 21.1 Å². The van der Waals surface area contributed by atoms with Crippen LogP contribution in [0.4, 0.5) is 0 Å². The quantitative estimate of drug-likeness (QED) is 0.421. The molecular weight excluding hydrogens is 380 g/mol. The maximum atomic E-state index is 12.1. The molecule has 0 saturated heterocycles. The highest BCUT2D eigenvalue weighted by molar-refractivity contribution is 7.09. The van der Waals surface area contributed by atoms with E-state index in [4.69, 9.17) is 5.73 Å². The molecule has 0 aromatic carbocycles. The lowest BCUT2D eigenvalue weighted by molar-refractivity contribution is -0.130. The Labute approximate surface area is 170 Å². The summed E-state index contributed by atoms with van der Waals surface area (Å²) >= 11 is 1.59. The molecule has 1 saturated carbocycles. The van der Waals surface area contributed by atoms with Gasteiger partial charge in [0.2, 0.25) is 17.7 Å². The molecule has 28 heavy (non-hydrogen) atoms. The van der Waals surface area contributed by atoms with Crippen LogP contribution < -0.4 is 27.8 Å². The zero-order valence-corrected chi connectivity index (χ0v) is 17.8. The van der Waals surface area contributed by atoms with Crippen molar-refractivity contribution < 1.29 is 14.4 Å². The topological polar surface area (TPSA) is 166 Å². The largest absolute Gasteiger partial charge is 0.370 e. The Kier molecular flexibility index (Phi) is 13.9. The van der Waals surface area contributed by atoms with E-state index in [9.17, 15) is 14.4 Å². The minimum Gasteiger partial charge on any atom is -0.370 e. The van der Waals surface area contributed by atoms with Gasteiger partial charge in [0.05, 0.1) is 23.5 Å². The van der Waals surface area contributed by atoms with E-state index in [1.54, 1.807) is 11.3 Å². The Hall–Kier alpha value is -2.04. The average molecular weight is 415 g/mol. The van der Waals surface area contributed by atoms with E-state index in [0.29, 0.717) is 11.6 Å². The van der Waals surface area contributed by atoms with E-state index in [-0.39, 0.29) is 18.7 Å². The van der Waals surface area contributed by atoms with Crippen LogP contribution in [0.5, 0.6) is 0 Å². The summed E-state index contributed by atoms with van der Waals surface area (Å²) in [5.41, 5.74) is 14.8. The molecule has 0 spiro atoms. The molecule has 1 fully saturated rings. The Balaban J connectivity index is 0.00000171. The number of thiazole rings is 1. The highest BCUT2D eigenvalue weighted by atomic mass is 32.1. The SMILES string of the molecule is CN.CN.CNC(=O)[C@H](CC(N)=O)NC(=O)Cc1csc(C2CCCCC2)n1. The molecule has 0 bridgehead atoms. The number of aromatic nitrogens is 1. The summed E-state index contributed by atoms with van der Waals surface area (Å²) in [6.45, 7) is 0. The molecule has 1 atom stereocenters. The van der Waals surface area contributed by atoms with Crippen molar-refractivity contribution in [2.45, 2.75) is 56.9 Å². The summed E-state index contributed by atoms with van der Waals surface area (Å²) in [4.78, 5) is 39.4. The molecule has 3 amide bonds. The monoisotopic (exact) mass is 414 g/mol. The number of likely N-dealkylation sites (N-methyl/N-ethyl adjacent to an activating group) is 1. The summed E-state index contributed by atoms with van der Waals surface area (Å²) in [5.74, 6) is -0.917. The molecule has 1 aromatic rings. The predicted molar refractivity (Wildman–Crippen MR) is 112 cm³/mol. The fourth-order valence-electron chi connectivity index (χ4n) is 2.94. The molecule has 8 N–H and O–H groups in total. The van der Waals surface area contributed by atoms with E-state index in [1.165, 1.54) is 40.4 Å². The van der Waals surface area contributed by atoms with Crippen LogP contribution >= 0.6 is 11.3 Å². The third kappa shape index (κ3) is 9.25. The lowest BCUT2D eigenvalue weighted by atomic mass is 9.90. The summed E-state index contributed by atoms with van der Waals surface area (Å²) in [5, 5.41) is 7.95. The molecule has 1 aromatic heterocycles. The number of carbonyl (C=O) groups is 3. The summed E-state index contributed by atoms with van der Waals surface area (Å²) in [7, 11) is 4.44. The number of nitrogens with two attached hydrogens (primary N) is 3. The summed E-state index contributed by atoms with van der Waals surface area (Å²) in [6.07, 6.45) is 5.96. The molecule has 160 valence electrons. The van der Waals surface area contributed by atoms with Gasteiger partial charge in [0.25, 0.3) is 0 Å². The highest BCUT2D eigenvalue weighted by Crippen LogP contribution is 2.34. The van der Waals surface area contributed by atoms with Crippen molar-refractivity contribution in [1.82, 2.24) is 15.6 Å². The van der Waals surface area contributed by atoms with Gasteiger partial charge in [-0.1, -0.05) is 19.3 Å². The second kappa shape index (κ2) is 14.9. The lowest BCUT2D eigenvalue weighted by Crippen LogP contribution is -2.48. The van der Waals surface area contributed by atoms with Crippen molar-refractivity contribution in [3.05, 3.63) is 16.1 Å². The molecule has 0 radical (unpaired) electrons. The van der Waals surface area contributed by atoms with E-state index < -0.39 is 17.9 Å². The third-order valence-electron chi connectivity index (χ3n) is 4.17. The number of hydrogen-bond donors (Lipinski definition) is 5. The standard InChI is InChI=1S/C16H24N4O3S.2CH5N/c1-18-15(23)12(8-13(17)21)20-14(22)7-11-9-24-16(19-11)10-5-3-2-4-6-10;2*1-2/h9-10,12H,2-8H2,1H3,(H2,17,21)(H,18,23)(H,20,22);2*2H2,1H3/t12-;;/m0../s1. The van der Waals surface area contributed by atoms with Gasteiger partial charge in [-0.3, -0.25) is 14.4 Å². The average Bonchev–Trinajstić information content (AvgIpc) is 3.18. The number of rotatable bonds is 7. The number of nitrogens with one attached hydrogen (secondary N) is 2. The zero-order valence-electron chi connectivity index (χ0n) is 17.0. The number of carbonyl (C=O) groups excluding carboxylic acids is 3. The first kappa shape index (κ1) is 26.0. The van der Waals surface area contributed by atoms with Crippen LogP contribution in [0.1, 0.15) is 55.1 Å². The first-order valence-corrected chi connectivity index (χ1v) is 10.3. The van der Waals surface area contributed by atoms with E-state index in [2.05, 4.69) is 27.1 Å². The molecule has 1 aliphatic rings. The van der Waals surface area contributed by atoms with Crippen LogP contribution in [-0.2, 0) is 20.8 Å². The molecule has 9 nitrogen and oxygen atoms in total. The van der Waals surface area contributed by atoms with Crippen molar-refractivity contribution >= 4 is 29.1 Å². The molecular formula is C18H34N6O3S. The number of hydrogen-bond acceptors (Lipinski definition) is 7. The normalized spacial score (nSPS) is 14.5. The van der Waals surface area contributed by atoms with Crippen LogP contribution in [0, 0.1) is 0 Å². The van der Waals surface area contributed by atoms with Crippen molar-refractivity contribution in [1.29, 1.82) is 0 Å². The Morgan fingerprint density at radius 1 is 1.18 bits per heavy atom. The minimum absolute atomic E-state index is 0.0927. The summed E-state index contributed by atoms with van der Waals surface area (Å²) < 4.78 is 0. The van der Waals surface area contributed by atoms with E-state index in [0.717, 1.165) is 17.8 Å². The maximum absolute atomic E-state index is 12.1. The highest BCUT2D eigenvalue weighted by Gasteiger charge is 2.23. The third-order valence-corrected chi connectivity index (χ3v) is 5.23. The summed E-state index contributed by atoms with van der Waals surface area (Å²) in [6, 6.07) is -0.948. The van der Waals surface area contributed by atoms with Crippen LogP contribution in [0.15, 0.2) is 5.38 Å². The molecule has 1 aliphatic carbocycles. The van der Waals surface area contributed by atoms with Gasteiger partial charge < -0.3 is 27.8 Å². The van der Waals surface area contributed by atoms with Gasteiger partial charge in [-0.15, -0.1) is 11.3 Å². The first-order valence-electron chi connectivity index (χ1n) is 9.38. The molecule has 1 heterocycles. The van der Waals surface area contributed by atoms with Crippen LogP contribution in [-0.4, -0.2) is 49.9 Å².